The molecule has 0 aliphatic heterocycles. The lowest BCUT2D eigenvalue weighted by atomic mass is 9.85. The standard InChI is InChI=1S/C2H4B2O4/c5-3(6)1-2-4(7)8/h5-8H. The molecule has 0 rings (SSSR count). The predicted octanol–water partition coefficient (Wildman–Crippen LogP) is -2.99. The van der Waals surface area contributed by atoms with E-state index in [1.165, 1.54) is 0 Å². The van der Waals surface area contributed by atoms with Crippen LogP contribution in [0.25, 0.3) is 0 Å². The van der Waals surface area contributed by atoms with Crippen LogP contribution in [0, 0.1) is 11.6 Å². The molecule has 0 saturated heterocycles. The Morgan fingerprint density at radius 1 is 0.750 bits per heavy atom. The number of hydrogen-bond donors (Lipinski definition) is 4. The third kappa shape index (κ3) is 5.53. The maximum atomic E-state index is 7.96. The monoisotopic (exact) mass is 114 g/mol. The van der Waals surface area contributed by atoms with Gasteiger partial charge in [-0.2, -0.15) is 0 Å². The van der Waals surface area contributed by atoms with E-state index in [9.17, 15) is 0 Å². The third-order valence-electron chi connectivity index (χ3n) is 0.342. The summed E-state index contributed by atoms with van der Waals surface area (Å²) in [5.74, 6) is 3.41. The van der Waals surface area contributed by atoms with Crippen LogP contribution in [0.15, 0.2) is 0 Å². The lowest BCUT2D eigenvalue weighted by Gasteiger charge is -1.79. The van der Waals surface area contributed by atoms with Crippen LogP contribution in [-0.2, 0) is 0 Å². The summed E-state index contributed by atoms with van der Waals surface area (Å²) in [5, 5.41) is 31.8. The highest BCUT2D eigenvalue weighted by Gasteiger charge is 2.02. The first kappa shape index (κ1) is 7.53. The molecule has 0 spiro atoms. The smallest absolute Gasteiger partial charge is 0.416 e. The van der Waals surface area contributed by atoms with Crippen molar-refractivity contribution in [2.45, 2.75) is 0 Å². The van der Waals surface area contributed by atoms with E-state index in [1.54, 1.807) is 11.6 Å². The molecule has 0 bridgehead atoms. The lowest BCUT2D eigenvalue weighted by molar-refractivity contribution is 0.422. The highest BCUT2D eigenvalue weighted by atomic mass is 16.4. The average molecular weight is 114 g/mol. The van der Waals surface area contributed by atoms with Gasteiger partial charge in [-0.05, 0) is 0 Å². The summed E-state index contributed by atoms with van der Waals surface area (Å²) < 4.78 is 0. The van der Waals surface area contributed by atoms with Crippen molar-refractivity contribution in [2.75, 3.05) is 0 Å². The summed E-state index contributed by atoms with van der Waals surface area (Å²) in [4.78, 5) is 0. The summed E-state index contributed by atoms with van der Waals surface area (Å²) in [6, 6.07) is 0. The summed E-state index contributed by atoms with van der Waals surface area (Å²) in [5.41, 5.74) is 0. The van der Waals surface area contributed by atoms with E-state index in [1.807, 2.05) is 0 Å². The molecule has 0 atom stereocenters. The van der Waals surface area contributed by atoms with Crippen LogP contribution in [-0.4, -0.2) is 34.3 Å². The molecule has 8 heavy (non-hydrogen) atoms. The van der Waals surface area contributed by atoms with Crippen LogP contribution in [0.3, 0.4) is 0 Å². The molecule has 6 heteroatoms. The van der Waals surface area contributed by atoms with Crippen molar-refractivity contribution in [3.05, 3.63) is 0 Å². The van der Waals surface area contributed by atoms with Gasteiger partial charge in [0.15, 0.2) is 0 Å². The maximum Gasteiger partial charge on any atom is 0.543 e. The topological polar surface area (TPSA) is 80.9 Å². The van der Waals surface area contributed by atoms with Crippen molar-refractivity contribution >= 4 is 14.2 Å². The average Bonchev–Trinajstić information content (AvgIpc) is 1.61. The Hall–Kier alpha value is -0.470. The summed E-state index contributed by atoms with van der Waals surface area (Å²) in [7, 11) is -3.59. The Morgan fingerprint density at radius 2 is 1.00 bits per heavy atom. The van der Waals surface area contributed by atoms with E-state index < -0.39 is 14.2 Å². The van der Waals surface area contributed by atoms with Gasteiger partial charge in [0.2, 0.25) is 0 Å². The van der Waals surface area contributed by atoms with Gasteiger partial charge in [0, 0.05) is 0 Å². The van der Waals surface area contributed by atoms with Crippen LogP contribution in [0.5, 0.6) is 0 Å². The van der Waals surface area contributed by atoms with Gasteiger partial charge in [0.1, 0.15) is 0 Å². The molecule has 0 unspecified atom stereocenters. The van der Waals surface area contributed by atoms with Crippen LogP contribution in [0.1, 0.15) is 0 Å². The summed E-state index contributed by atoms with van der Waals surface area (Å²) >= 11 is 0. The second-order valence-electron chi connectivity index (χ2n) is 1.04. The Labute approximate surface area is 47.1 Å². The van der Waals surface area contributed by atoms with Crippen LogP contribution in [0.4, 0.5) is 0 Å². The minimum Gasteiger partial charge on any atom is -0.416 e. The predicted molar refractivity (Wildman–Crippen MR) is 28.2 cm³/mol. The van der Waals surface area contributed by atoms with Gasteiger partial charge in [0.05, 0.1) is 0 Å². The first-order chi connectivity index (χ1) is 3.63. The Bertz CT molecular complexity index is 98.9. The molecule has 0 aliphatic rings. The molecular weight excluding hydrogens is 110 g/mol. The van der Waals surface area contributed by atoms with Crippen molar-refractivity contribution in [1.82, 2.24) is 0 Å². The molecule has 42 valence electrons. The van der Waals surface area contributed by atoms with Crippen molar-refractivity contribution in [3.8, 4) is 11.6 Å². The van der Waals surface area contributed by atoms with E-state index in [0.717, 1.165) is 0 Å². The molecule has 4 nitrogen and oxygen atoms in total. The van der Waals surface area contributed by atoms with Crippen molar-refractivity contribution in [3.63, 3.8) is 0 Å². The van der Waals surface area contributed by atoms with Crippen LogP contribution < -0.4 is 0 Å². The maximum absolute atomic E-state index is 7.96. The molecule has 0 amide bonds. The first-order valence-electron chi connectivity index (χ1n) is 1.86. The SMILES string of the molecule is OB(O)C#CB(O)O. The molecule has 0 radical (unpaired) electrons. The Morgan fingerprint density at radius 3 is 1.12 bits per heavy atom. The molecule has 0 fully saturated rings. The fourth-order valence-corrected chi connectivity index (χ4v) is 0.149. The van der Waals surface area contributed by atoms with Gasteiger partial charge in [0.25, 0.3) is 0 Å². The highest BCUT2D eigenvalue weighted by Crippen LogP contribution is 1.63. The molecule has 0 aromatic rings. The molecule has 0 saturated carbocycles. The fraction of sp³-hybridized carbons (Fsp3) is 0. The molecule has 4 N–H and O–H groups in total. The van der Waals surface area contributed by atoms with Crippen LogP contribution >= 0.6 is 0 Å². The fourth-order valence-electron chi connectivity index (χ4n) is 0.149. The van der Waals surface area contributed by atoms with E-state index >= 15 is 0 Å². The second-order valence-corrected chi connectivity index (χ2v) is 1.04. The minimum absolute atomic E-state index is 1.71. The molecule has 0 aromatic carbocycles. The van der Waals surface area contributed by atoms with E-state index in [0.29, 0.717) is 0 Å². The van der Waals surface area contributed by atoms with Gasteiger partial charge in [-0.3, -0.25) is 0 Å². The largest absolute Gasteiger partial charge is 0.543 e. The van der Waals surface area contributed by atoms with Crippen molar-refractivity contribution < 1.29 is 20.1 Å². The molecule has 0 heterocycles. The van der Waals surface area contributed by atoms with Crippen LogP contribution in [0.2, 0.25) is 0 Å². The van der Waals surface area contributed by atoms with Gasteiger partial charge >= 0.3 is 14.2 Å². The molecule has 0 aliphatic carbocycles. The quantitative estimate of drug-likeness (QED) is 0.200. The number of hydrogen-bond acceptors (Lipinski definition) is 4. The van der Waals surface area contributed by atoms with Crippen molar-refractivity contribution in [2.24, 2.45) is 0 Å². The van der Waals surface area contributed by atoms with E-state index in [4.69, 9.17) is 20.1 Å². The van der Waals surface area contributed by atoms with E-state index in [-0.39, 0.29) is 0 Å². The summed E-state index contributed by atoms with van der Waals surface area (Å²) in [6.07, 6.45) is 0. The zero-order valence-electron chi connectivity index (χ0n) is 3.94. The van der Waals surface area contributed by atoms with Gasteiger partial charge < -0.3 is 20.1 Å². The summed E-state index contributed by atoms with van der Waals surface area (Å²) in [6.45, 7) is 0. The van der Waals surface area contributed by atoms with Crippen molar-refractivity contribution in [1.29, 1.82) is 0 Å². The van der Waals surface area contributed by atoms with Gasteiger partial charge in [-0.25, -0.2) is 0 Å². The molecular formula is C2H4B2O4. The number of rotatable bonds is 0. The minimum atomic E-state index is -1.79. The van der Waals surface area contributed by atoms with Gasteiger partial charge in [-0.1, -0.05) is 11.6 Å². The normalized spacial score (nSPS) is 7.00. The second kappa shape index (κ2) is 3.52. The Kier molecular flexibility index (Phi) is 3.31. The first-order valence-corrected chi connectivity index (χ1v) is 1.86. The van der Waals surface area contributed by atoms with Gasteiger partial charge in [-0.15, -0.1) is 0 Å². The third-order valence-corrected chi connectivity index (χ3v) is 0.342. The zero-order valence-corrected chi connectivity index (χ0v) is 3.94. The zero-order chi connectivity index (χ0) is 6.57. The highest BCUT2D eigenvalue weighted by molar-refractivity contribution is 6.58. The lowest BCUT2D eigenvalue weighted by Crippen LogP contribution is -2.12. The Balaban J connectivity index is 3.50. The van der Waals surface area contributed by atoms with E-state index in [2.05, 4.69) is 0 Å². The molecule has 0 aromatic heterocycles.